The van der Waals surface area contributed by atoms with E-state index < -0.39 is 0 Å². The maximum atomic E-state index is 11.5. The van der Waals surface area contributed by atoms with Crippen LogP contribution in [0.5, 0.6) is 0 Å². The van der Waals surface area contributed by atoms with Gasteiger partial charge in [-0.3, -0.25) is 0 Å². The quantitative estimate of drug-likeness (QED) is 0.505. The first kappa shape index (κ1) is 11.5. The average molecular weight is 247 g/mol. The van der Waals surface area contributed by atoms with Crippen LogP contribution in [0.25, 0.3) is 0 Å². The van der Waals surface area contributed by atoms with Gasteiger partial charge in [-0.05, 0) is 25.3 Å². The maximum Gasteiger partial charge on any atom is 0.330 e. The second-order valence-electron chi connectivity index (χ2n) is 4.99. The van der Waals surface area contributed by atoms with Gasteiger partial charge >= 0.3 is 5.97 Å². The summed E-state index contributed by atoms with van der Waals surface area (Å²) in [7, 11) is 0. The molecular formula is C14H17NO3. The highest BCUT2D eigenvalue weighted by atomic mass is 16.6. The van der Waals surface area contributed by atoms with Crippen molar-refractivity contribution in [2.24, 2.45) is 5.92 Å². The van der Waals surface area contributed by atoms with Gasteiger partial charge in [-0.2, -0.15) is 0 Å². The molecule has 1 aromatic heterocycles. The highest BCUT2D eigenvalue weighted by molar-refractivity contribution is 5.81. The van der Waals surface area contributed by atoms with E-state index >= 15 is 0 Å². The molecule has 4 nitrogen and oxygen atoms in total. The fourth-order valence-corrected chi connectivity index (χ4v) is 2.83. The number of hydrogen-bond donors (Lipinski definition) is 1. The molecule has 2 fully saturated rings. The second-order valence-corrected chi connectivity index (χ2v) is 4.99. The lowest BCUT2D eigenvalue weighted by Crippen LogP contribution is -2.24. The second kappa shape index (κ2) is 4.61. The van der Waals surface area contributed by atoms with Crippen molar-refractivity contribution in [3.8, 4) is 0 Å². The van der Waals surface area contributed by atoms with Gasteiger partial charge in [0.25, 0.3) is 0 Å². The van der Waals surface area contributed by atoms with E-state index in [-0.39, 0.29) is 12.1 Å². The predicted octanol–water partition coefficient (Wildman–Crippen LogP) is 2.35. The molecule has 2 heterocycles. The molecule has 0 amide bonds. The molecule has 1 saturated heterocycles. The van der Waals surface area contributed by atoms with E-state index in [9.17, 15) is 4.79 Å². The number of rotatable bonds is 4. The largest absolute Gasteiger partial charge is 0.454 e. The molecule has 2 aliphatic rings. The fourth-order valence-electron chi connectivity index (χ4n) is 2.83. The van der Waals surface area contributed by atoms with Gasteiger partial charge in [0, 0.05) is 30.0 Å². The third-order valence-electron chi connectivity index (χ3n) is 3.83. The van der Waals surface area contributed by atoms with Gasteiger partial charge in [-0.1, -0.05) is 6.58 Å². The molecule has 0 radical (unpaired) electrons. The number of H-pyrrole nitrogens is 1. The topological polar surface area (TPSA) is 54.6 Å². The molecule has 0 bridgehead atoms. The Bertz CT molecular complexity index is 440. The first-order valence-corrected chi connectivity index (χ1v) is 6.39. The van der Waals surface area contributed by atoms with Crippen molar-refractivity contribution in [2.75, 3.05) is 0 Å². The molecule has 3 rings (SSSR count). The number of carbonyl (C=O) groups is 1. The number of carbonyl (C=O) groups excluding carboxylic acids is 1. The molecule has 4 heteroatoms. The molecule has 4 atom stereocenters. The number of aromatic amines is 1. The van der Waals surface area contributed by atoms with Crippen LogP contribution in [0.2, 0.25) is 0 Å². The van der Waals surface area contributed by atoms with Crippen molar-refractivity contribution in [3.05, 3.63) is 36.7 Å². The van der Waals surface area contributed by atoms with Gasteiger partial charge < -0.3 is 14.5 Å². The summed E-state index contributed by atoms with van der Waals surface area (Å²) < 4.78 is 11.1. The van der Waals surface area contributed by atoms with E-state index in [0.717, 1.165) is 24.8 Å². The number of hydrogen-bond acceptors (Lipinski definition) is 3. The lowest BCUT2D eigenvalue weighted by molar-refractivity contribution is -0.146. The summed E-state index contributed by atoms with van der Waals surface area (Å²) in [4.78, 5) is 14.5. The molecule has 1 aliphatic heterocycles. The molecule has 18 heavy (non-hydrogen) atoms. The average Bonchev–Trinajstić information content (AvgIpc) is 2.97. The highest BCUT2D eigenvalue weighted by Gasteiger charge is 2.46. The highest BCUT2D eigenvalue weighted by Crippen LogP contribution is 2.45. The Balaban J connectivity index is 1.75. The molecule has 0 spiro atoms. The summed E-state index contributed by atoms with van der Waals surface area (Å²) in [6.45, 7) is 3.46. The smallest absolute Gasteiger partial charge is 0.330 e. The molecule has 1 aliphatic carbocycles. The Hall–Kier alpha value is -1.55. The zero-order valence-corrected chi connectivity index (χ0v) is 10.2. The summed E-state index contributed by atoms with van der Waals surface area (Å²) in [5.41, 5.74) is 1.02. The van der Waals surface area contributed by atoms with Crippen molar-refractivity contribution in [3.63, 3.8) is 0 Å². The normalized spacial score (nSPS) is 31.2. The monoisotopic (exact) mass is 247 g/mol. The first-order valence-electron chi connectivity index (χ1n) is 6.39. The minimum atomic E-state index is -0.361. The van der Waals surface area contributed by atoms with Gasteiger partial charge in [-0.15, -0.1) is 0 Å². The SMILES string of the molecule is C=CC(=O)OC(c1cc[nH]c1)C1CCC2OC2C1. The minimum absolute atomic E-state index is 0.188. The van der Waals surface area contributed by atoms with Gasteiger partial charge in [0.2, 0.25) is 0 Å². The number of nitrogens with one attached hydrogen (secondary N) is 1. The zero-order valence-electron chi connectivity index (χ0n) is 10.2. The van der Waals surface area contributed by atoms with Gasteiger partial charge in [0.05, 0.1) is 12.2 Å². The van der Waals surface area contributed by atoms with Crippen molar-refractivity contribution < 1.29 is 14.3 Å². The van der Waals surface area contributed by atoms with Crippen molar-refractivity contribution in [1.29, 1.82) is 0 Å². The van der Waals surface area contributed by atoms with Crippen molar-refractivity contribution in [2.45, 2.75) is 37.6 Å². The Morgan fingerprint density at radius 3 is 3.11 bits per heavy atom. The zero-order chi connectivity index (χ0) is 12.5. The summed E-state index contributed by atoms with van der Waals surface area (Å²) in [5, 5.41) is 0. The third kappa shape index (κ3) is 2.20. The van der Waals surface area contributed by atoms with Crippen LogP contribution in [0.4, 0.5) is 0 Å². The van der Waals surface area contributed by atoms with Crippen molar-refractivity contribution in [1.82, 2.24) is 4.98 Å². The Morgan fingerprint density at radius 2 is 2.44 bits per heavy atom. The van der Waals surface area contributed by atoms with Crippen LogP contribution in [-0.4, -0.2) is 23.2 Å². The van der Waals surface area contributed by atoms with Gasteiger partial charge in [0.1, 0.15) is 6.10 Å². The van der Waals surface area contributed by atoms with Crippen LogP contribution in [0.15, 0.2) is 31.1 Å². The summed E-state index contributed by atoms with van der Waals surface area (Å²) in [6, 6.07) is 1.96. The molecule has 4 unspecified atom stereocenters. The molecule has 1 aromatic rings. The van der Waals surface area contributed by atoms with Crippen LogP contribution in [0.1, 0.15) is 30.9 Å². The number of fused-ring (bicyclic) bond motifs is 1. The first-order chi connectivity index (χ1) is 8.78. The lowest BCUT2D eigenvalue weighted by atomic mass is 9.83. The molecule has 1 saturated carbocycles. The number of aromatic nitrogens is 1. The summed E-state index contributed by atoms with van der Waals surface area (Å²) >= 11 is 0. The van der Waals surface area contributed by atoms with Crippen LogP contribution < -0.4 is 0 Å². The Morgan fingerprint density at radius 1 is 1.56 bits per heavy atom. The summed E-state index contributed by atoms with van der Waals surface area (Å²) in [6.07, 6.45) is 8.71. The van der Waals surface area contributed by atoms with E-state index in [1.807, 2.05) is 18.5 Å². The molecule has 0 aromatic carbocycles. The third-order valence-corrected chi connectivity index (χ3v) is 3.83. The Kier molecular flexibility index (Phi) is 2.96. The van der Waals surface area contributed by atoms with E-state index in [1.165, 1.54) is 6.08 Å². The minimum Gasteiger partial charge on any atom is -0.454 e. The van der Waals surface area contributed by atoms with Gasteiger partial charge in [-0.25, -0.2) is 4.79 Å². The van der Waals surface area contributed by atoms with Crippen LogP contribution >= 0.6 is 0 Å². The Labute approximate surface area is 106 Å². The van der Waals surface area contributed by atoms with Crippen LogP contribution in [0.3, 0.4) is 0 Å². The van der Waals surface area contributed by atoms with Crippen LogP contribution in [-0.2, 0) is 14.3 Å². The van der Waals surface area contributed by atoms with Crippen LogP contribution in [0, 0.1) is 5.92 Å². The van der Waals surface area contributed by atoms with Crippen molar-refractivity contribution >= 4 is 5.97 Å². The van der Waals surface area contributed by atoms with E-state index in [0.29, 0.717) is 18.1 Å². The molecule has 1 N–H and O–H groups in total. The number of esters is 1. The molecule has 96 valence electrons. The van der Waals surface area contributed by atoms with E-state index in [4.69, 9.17) is 9.47 Å². The standard InChI is InChI=1S/C14H17NO3/c1-2-13(16)18-14(10-5-6-15-8-10)9-3-4-11-12(7-9)17-11/h2,5-6,8-9,11-12,14-15H,1,3-4,7H2. The number of epoxide rings is 1. The van der Waals surface area contributed by atoms with E-state index in [1.54, 1.807) is 0 Å². The molecular weight excluding hydrogens is 230 g/mol. The lowest BCUT2D eigenvalue weighted by Gasteiger charge is -2.27. The predicted molar refractivity (Wildman–Crippen MR) is 65.8 cm³/mol. The fraction of sp³-hybridized carbons (Fsp3) is 0.500. The number of ether oxygens (including phenoxy) is 2. The van der Waals surface area contributed by atoms with E-state index in [2.05, 4.69) is 11.6 Å². The van der Waals surface area contributed by atoms with Gasteiger partial charge in [0.15, 0.2) is 0 Å². The summed E-state index contributed by atoms with van der Waals surface area (Å²) in [5.74, 6) is -0.0199. The maximum absolute atomic E-state index is 11.5.